The lowest BCUT2D eigenvalue weighted by atomic mass is 9.88. The minimum atomic E-state index is -3.53. The zero-order valence-electron chi connectivity index (χ0n) is 13.0. The minimum absolute atomic E-state index is 0.00236. The summed E-state index contributed by atoms with van der Waals surface area (Å²) in [6.07, 6.45) is 4.73. The smallest absolute Gasteiger partial charge is 0.239 e. The Bertz CT molecular complexity index is 452. The molecule has 2 fully saturated rings. The molecule has 2 aliphatic rings. The Kier molecular flexibility index (Phi) is 5.62. The van der Waals surface area contributed by atoms with Crippen LogP contribution < -0.4 is 10.0 Å². The van der Waals surface area contributed by atoms with Gasteiger partial charge in [-0.15, -0.1) is 0 Å². The molecule has 2 rings (SSSR count). The summed E-state index contributed by atoms with van der Waals surface area (Å²) in [4.78, 5) is 13.7. The summed E-state index contributed by atoms with van der Waals surface area (Å²) in [6.45, 7) is 3.82. The fourth-order valence-electron chi connectivity index (χ4n) is 3.11. The van der Waals surface area contributed by atoms with Gasteiger partial charge in [0.05, 0.1) is 0 Å². The largest absolute Gasteiger partial charge is 0.341 e. The van der Waals surface area contributed by atoms with Gasteiger partial charge in [-0.2, -0.15) is 0 Å². The second-order valence-electron chi connectivity index (χ2n) is 6.48. The van der Waals surface area contributed by atoms with Crippen molar-refractivity contribution in [3.05, 3.63) is 0 Å². The highest BCUT2D eigenvalue weighted by Gasteiger charge is 2.29. The van der Waals surface area contributed by atoms with Gasteiger partial charge in [0, 0.05) is 25.7 Å². The van der Waals surface area contributed by atoms with Crippen molar-refractivity contribution in [3.63, 3.8) is 0 Å². The van der Waals surface area contributed by atoms with E-state index in [-0.39, 0.29) is 18.0 Å². The molecule has 122 valence electrons. The van der Waals surface area contributed by atoms with Crippen molar-refractivity contribution in [2.75, 3.05) is 25.9 Å². The average molecular weight is 317 g/mol. The van der Waals surface area contributed by atoms with Crippen LogP contribution >= 0.6 is 0 Å². The second-order valence-corrected chi connectivity index (χ2v) is 8.24. The molecular weight excluding hydrogens is 290 g/mol. The van der Waals surface area contributed by atoms with Crippen LogP contribution in [-0.2, 0) is 14.8 Å². The first-order valence-electron chi connectivity index (χ1n) is 7.84. The fourth-order valence-corrected chi connectivity index (χ4v) is 4.47. The summed E-state index contributed by atoms with van der Waals surface area (Å²) in [7, 11) is -1.84. The molecule has 1 amide bonds. The van der Waals surface area contributed by atoms with Crippen LogP contribution in [-0.4, -0.2) is 57.2 Å². The van der Waals surface area contributed by atoms with Crippen LogP contribution in [0.1, 0.15) is 39.0 Å². The van der Waals surface area contributed by atoms with E-state index in [1.54, 1.807) is 11.9 Å². The van der Waals surface area contributed by atoms with Crippen LogP contribution in [0.2, 0.25) is 0 Å². The molecule has 0 aromatic rings. The highest BCUT2D eigenvalue weighted by molar-refractivity contribution is 7.90. The highest BCUT2D eigenvalue weighted by atomic mass is 32.2. The molecule has 0 aromatic carbocycles. The van der Waals surface area contributed by atoms with Gasteiger partial charge < -0.3 is 10.2 Å². The van der Waals surface area contributed by atoms with Crippen molar-refractivity contribution in [3.8, 4) is 0 Å². The van der Waals surface area contributed by atoms with Gasteiger partial charge in [-0.3, -0.25) is 4.79 Å². The molecule has 0 radical (unpaired) electrons. The van der Waals surface area contributed by atoms with Crippen molar-refractivity contribution in [2.45, 2.75) is 51.1 Å². The number of hydrogen-bond acceptors (Lipinski definition) is 4. The normalized spacial score (nSPS) is 30.3. The zero-order chi connectivity index (χ0) is 15.5. The molecule has 1 aliphatic carbocycles. The standard InChI is InChI=1S/C14H27N3O3S/c1-11-3-5-12(6-4-11)16-21(19,20)10-14(18)17(2)13-7-8-15-9-13/h11-13,15-16H,3-10H2,1-2H3. The second kappa shape index (κ2) is 7.07. The van der Waals surface area contributed by atoms with Gasteiger partial charge in [0.25, 0.3) is 0 Å². The van der Waals surface area contributed by atoms with E-state index in [0.717, 1.165) is 45.2 Å². The first-order valence-corrected chi connectivity index (χ1v) is 9.49. The Morgan fingerprint density at radius 1 is 1.24 bits per heavy atom. The van der Waals surface area contributed by atoms with Crippen LogP contribution in [0.15, 0.2) is 0 Å². The third kappa shape index (κ3) is 4.93. The van der Waals surface area contributed by atoms with E-state index in [2.05, 4.69) is 17.0 Å². The summed E-state index contributed by atoms with van der Waals surface area (Å²) in [5.41, 5.74) is 0. The van der Waals surface area contributed by atoms with E-state index in [0.29, 0.717) is 5.92 Å². The Morgan fingerprint density at radius 3 is 2.48 bits per heavy atom. The third-order valence-corrected chi connectivity index (χ3v) is 5.97. The predicted octanol–water partition coefficient (Wildman–Crippen LogP) is 0.305. The van der Waals surface area contributed by atoms with Crippen molar-refractivity contribution in [1.29, 1.82) is 0 Å². The van der Waals surface area contributed by atoms with Gasteiger partial charge in [0.2, 0.25) is 15.9 Å². The first kappa shape index (κ1) is 16.7. The zero-order valence-corrected chi connectivity index (χ0v) is 13.8. The Balaban J connectivity index is 1.83. The maximum absolute atomic E-state index is 12.1. The van der Waals surface area contributed by atoms with E-state index in [1.165, 1.54) is 0 Å². The van der Waals surface area contributed by atoms with Crippen molar-refractivity contribution < 1.29 is 13.2 Å². The van der Waals surface area contributed by atoms with Gasteiger partial charge >= 0.3 is 0 Å². The number of sulfonamides is 1. The van der Waals surface area contributed by atoms with Crippen LogP contribution in [0.3, 0.4) is 0 Å². The summed E-state index contributed by atoms with van der Waals surface area (Å²) in [5, 5.41) is 3.18. The van der Waals surface area contributed by atoms with E-state index in [1.807, 2.05) is 0 Å². The summed E-state index contributed by atoms with van der Waals surface area (Å²) >= 11 is 0. The molecule has 1 saturated carbocycles. The monoisotopic (exact) mass is 317 g/mol. The SMILES string of the molecule is CC1CCC(NS(=O)(=O)CC(=O)N(C)C2CCNC2)CC1. The molecule has 0 aromatic heterocycles. The molecular formula is C14H27N3O3S. The molecule has 1 unspecified atom stereocenters. The number of nitrogens with one attached hydrogen (secondary N) is 2. The number of hydrogen-bond donors (Lipinski definition) is 2. The van der Waals surface area contributed by atoms with Crippen molar-refractivity contribution in [2.24, 2.45) is 5.92 Å². The number of rotatable bonds is 5. The van der Waals surface area contributed by atoms with E-state index in [4.69, 9.17) is 0 Å². The van der Waals surface area contributed by atoms with E-state index >= 15 is 0 Å². The molecule has 1 heterocycles. The lowest BCUT2D eigenvalue weighted by molar-refractivity contribution is -0.128. The van der Waals surface area contributed by atoms with E-state index in [9.17, 15) is 13.2 Å². The first-order chi connectivity index (χ1) is 9.87. The third-order valence-electron chi connectivity index (χ3n) is 4.65. The molecule has 1 saturated heterocycles. The number of likely N-dealkylation sites (N-methyl/N-ethyl adjacent to an activating group) is 1. The van der Waals surface area contributed by atoms with Crippen LogP contribution in [0.25, 0.3) is 0 Å². The maximum Gasteiger partial charge on any atom is 0.239 e. The summed E-state index contributed by atoms with van der Waals surface area (Å²) in [5.74, 6) is -0.0831. The lowest BCUT2D eigenvalue weighted by Crippen LogP contribution is -2.45. The minimum Gasteiger partial charge on any atom is -0.341 e. The molecule has 21 heavy (non-hydrogen) atoms. The quantitative estimate of drug-likeness (QED) is 0.765. The molecule has 0 bridgehead atoms. The van der Waals surface area contributed by atoms with Gasteiger partial charge in [0.1, 0.15) is 5.75 Å². The Hall–Kier alpha value is -0.660. The van der Waals surface area contributed by atoms with E-state index < -0.39 is 15.8 Å². The Labute approximate surface area is 127 Å². The van der Waals surface area contributed by atoms with Gasteiger partial charge in [-0.05, 0) is 44.6 Å². The maximum atomic E-state index is 12.1. The van der Waals surface area contributed by atoms with Gasteiger partial charge in [-0.1, -0.05) is 6.92 Å². The van der Waals surface area contributed by atoms with Crippen LogP contribution in [0.5, 0.6) is 0 Å². The molecule has 1 aliphatic heterocycles. The topological polar surface area (TPSA) is 78.5 Å². The molecule has 6 nitrogen and oxygen atoms in total. The highest BCUT2D eigenvalue weighted by Crippen LogP contribution is 2.23. The summed E-state index contributed by atoms with van der Waals surface area (Å²) < 4.78 is 27.0. The molecule has 0 spiro atoms. The van der Waals surface area contributed by atoms with Crippen molar-refractivity contribution in [1.82, 2.24) is 14.9 Å². The lowest BCUT2D eigenvalue weighted by Gasteiger charge is -2.27. The summed E-state index contributed by atoms with van der Waals surface area (Å²) in [6, 6.07) is 0.112. The van der Waals surface area contributed by atoms with Crippen LogP contribution in [0.4, 0.5) is 0 Å². The molecule has 1 atom stereocenters. The predicted molar refractivity (Wildman–Crippen MR) is 82.4 cm³/mol. The fraction of sp³-hybridized carbons (Fsp3) is 0.929. The van der Waals surface area contributed by atoms with Crippen LogP contribution in [0, 0.1) is 5.92 Å². The Morgan fingerprint density at radius 2 is 1.90 bits per heavy atom. The number of carbonyl (C=O) groups excluding carboxylic acids is 1. The van der Waals surface area contributed by atoms with Gasteiger partial charge in [0.15, 0.2) is 0 Å². The average Bonchev–Trinajstić information content (AvgIpc) is 2.93. The van der Waals surface area contributed by atoms with Gasteiger partial charge in [-0.25, -0.2) is 13.1 Å². The van der Waals surface area contributed by atoms with Crippen molar-refractivity contribution >= 4 is 15.9 Å². The number of nitrogens with zero attached hydrogens (tertiary/aromatic N) is 1. The molecule has 7 heteroatoms. The number of amides is 1. The number of carbonyl (C=O) groups is 1. The molecule has 2 N–H and O–H groups in total.